The number of aryl methyl sites for hydroxylation is 1. The first-order valence-corrected chi connectivity index (χ1v) is 10.2. The number of nitrogens with zero attached hydrogens (tertiary/aromatic N) is 5. The van der Waals surface area contributed by atoms with Gasteiger partial charge in [0.2, 0.25) is 5.91 Å². The van der Waals surface area contributed by atoms with Gasteiger partial charge in [-0.2, -0.15) is 0 Å². The highest BCUT2D eigenvalue weighted by Crippen LogP contribution is 2.31. The monoisotopic (exact) mass is 395 g/mol. The molecule has 136 valence electrons. The van der Waals surface area contributed by atoms with Crippen LogP contribution in [0.2, 0.25) is 0 Å². The van der Waals surface area contributed by atoms with Crippen LogP contribution in [0, 0.1) is 6.92 Å². The lowest BCUT2D eigenvalue weighted by atomic mass is 10.2. The Morgan fingerprint density at radius 1 is 1.22 bits per heavy atom. The number of thioether (sulfide) groups is 1. The molecule has 1 amide bonds. The maximum atomic E-state index is 12.2. The van der Waals surface area contributed by atoms with Crippen molar-refractivity contribution in [3.63, 3.8) is 0 Å². The van der Waals surface area contributed by atoms with Crippen molar-refractivity contribution in [3.05, 3.63) is 65.3 Å². The highest BCUT2D eigenvalue weighted by Gasteiger charge is 2.18. The van der Waals surface area contributed by atoms with Crippen LogP contribution in [0.1, 0.15) is 18.2 Å². The number of carbonyl (C=O) groups is 1. The van der Waals surface area contributed by atoms with Gasteiger partial charge in [0.05, 0.1) is 11.4 Å². The number of benzene rings is 1. The highest BCUT2D eigenvalue weighted by atomic mass is 32.2. The third-order valence-electron chi connectivity index (χ3n) is 3.94. The number of hydrogen-bond donors (Lipinski definition) is 0. The fourth-order valence-corrected chi connectivity index (χ4v) is 4.52. The molecule has 0 aliphatic rings. The Morgan fingerprint density at radius 3 is 2.93 bits per heavy atom. The summed E-state index contributed by atoms with van der Waals surface area (Å²) in [5, 5.41) is 11.9. The Morgan fingerprint density at radius 2 is 2.11 bits per heavy atom. The summed E-state index contributed by atoms with van der Waals surface area (Å²) < 4.78 is 1.95. The number of aromatic nitrogens is 4. The molecule has 27 heavy (non-hydrogen) atoms. The average molecular weight is 396 g/mol. The highest BCUT2D eigenvalue weighted by molar-refractivity contribution is 7.98. The van der Waals surface area contributed by atoms with Crippen molar-refractivity contribution in [2.24, 2.45) is 0 Å². The normalized spacial score (nSPS) is 11.0. The van der Waals surface area contributed by atoms with Crippen molar-refractivity contribution in [1.29, 1.82) is 0 Å². The summed E-state index contributed by atoms with van der Waals surface area (Å²) in [5.41, 5.74) is 3.66. The Kier molecular flexibility index (Phi) is 4.91. The summed E-state index contributed by atoms with van der Waals surface area (Å²) in [7, 11) is 0. The van der Waals surface area contributed by atoms with Gasteiger partial charge < -0.3 is 0 Å². The number of anilines is 2. The van der Waals surface area contributed by atoms with Gasteiger partial charge in [-0.05, 0) is 36.8 Å². The van der Waals surface area contributed by atoms with Gasteiger partial charge in [0.25, 0.3) is 0 Å². The molecule has 0 radical (unpaired) electrons. The fourth-order valence-electron chi connectivity index (χ4n) is 2.72. The number of rotatable bonds is 5. The zero-order chi connectivity index (χ0) is 18.8. The molecule has 0 saturated carbocycles. The van der Waals surface area contributed by atoms with E-state index in [4.69, 9.17) is 0 Å². The van der Waals surface area contributed by atoms with Crippen molar-refractivity contribution in [2.45, 2.75) is 24.8 Å². The first-order chi connectivity index (χ1) is 13.1. The molecule has 0 spiro atoms. The molecule has 0 N–H and O–H groups in total. The predicted molar refractivity (Wildman–Crippen MR) is 109 cm³/mol. The smallest absolute Gasteiger partial charge is 0.230 e. The van der Waals surface area contributed by atoms with Gasteiger partial charge >= 0.3 is 0 Å². The molecule has 4 aromatic rings. The van der Waals surface area contributed by atoms with Crippen LogP contribution >= 0.6 is 23.1 Å². The van der Waals surface area contributed by atoms with E-state index in [-0.39, 0.29) is 5.91 Å². The lowest BCUT2D eigenvalue weighted by Gasteiger charge is -2.18. The molecule has 0 aliphatic carbocycles. The van der Waals surface area contributed by atoms with Gasteiger partial charge in [-0.25, -0.2) is 4.98 Å². The van der Waals surface area contributed by atoms with E-state index in [0.717, 1.165) is 27.7 Å². The summed E-state index contributed by atoms with van der Waals surface area (Å²) in [6.07, 6.45) is 1.94. The molecule has 4 rings (SSSR count). The second-order valence-electron chi connectivity index (χ2n) is 6.01. The lowest BCUT2D eigenvalue weighted by molar-refractivity contribution is -0.115. The summed E-state index contributed by atoms with van der Waals surface area (Å²) in [5.74, 6) is 0.601. The zero-order valence-electron chi connectivity index (χ0n) is 14.9. The van der Waals surface area contributed by atoms with Crippen molar-refractivity contribution >= 4 is 45.5 Å². The third-order valence-corrected chi connectivity index (χ3v) is 5.79. The van der Waals surface area contributed by atoms with E-state index in [1.54, 1.807) is 23.6 Å². The summed E-state index contributed by atoms with van der Waals surface area (Å²) in [6.45, 7) is 3.56. The van der Waals surface area contributed by atoms with E-state index in [2.05, 4.69) is 15.2 Å². The molecule has 6 nitrogen and oxygen atoms in total. The zero-order valence-corrected chi connectivity index (χ0v) is 16.5. The first kappa shape index (κ1) is 17.7. The Labute approximate surface area is 164 Å². The standard InChI is InChI=1S/C19H17N5OS2/c1-13-6-5-7-16(10-13)24(14(2)25)18-20-15(11-26-18)12-27-19-22-21-17-8-3-4-9-23(17)19/h3-11H,12H2,1-2H3. The molecule has 3 aromatic heterocycles. The van der Waals surface area contributed by atoms with Gasteiger partial charge in [0, 0.05) is 24.3 Å². The second-order valence-corrected chi connectivity index (χ2v) is 7.79. The molecule has 3 heterocycles. The van der Waals surface area contributed by atoms with E-state index in [0.29, 0.717) is 10.9 Å². The SMILES string of the molecule is CC(=O)N(c1cccc(C)c1)c1nc(CSc2nnc3ccccn23)cs1. The van der Waals surface area contributed by atoms with Crippen molar-refractivity contribution < 1.29 is 4.79 Å². The van der Waals surface area contributed by atoms with Crippen LogP contribution < -0.4 is 4.90 Å². The van der Waals surface area contributed by atoms with E-state index in [1.807, 2.05) is 65.4 Å². The average Bonchev–Trinajstić information content (AvgIpc) is 3.27. The molecule has 0 aliphatic heterocycles. The Balaban J connectivity index is 1.54. The Hall–Kier alpha value is -2.71. The summed E-state index contributed by atoms with van der Waals surface area (Å²) in [6, 6.07) is 13.7. The molecule has 0 bridgehead atoms. The molecule has 0 saturated heterocycles. The predicted octanol–water partition coefficient (Wildman–Crippen LogP) is 4.47. The number of fused-ring (bicyclic) bond motifs is 1. The quantitative estimate of drug-likeness (QED) is 0.467. The Bertz CT molecular complexity index is 1100. The molecular formula is C19H17N5OS2. The van der Waals surface area contributed by atoms with E-state index < -0.39 is 0 Å². The van der Waals surface area contributed by atoms with Gasteiger partial charge in [0.15, 0.2) is 15.9 Å². The van der Waals surface area contributed by atoms with Gasteiger partial charge in [-0.3, -0.25) is 14.1 Å². The third kappa shape index (κ3) is 3.72. The largest absolute Gasteiger partial charge is 0.277 e. The van der Waals surface area contributed by atoms with Crippen LogP contribution in [-0.2, 0) is 10.5 Å². The van der Waals surface area contributed by atoms with Gasteiger partial charge in [-0.15, -0.1) is 21.5 Å². The van der Waals surface area contributed by atoms with E-state index >= 15 is 0 Å². The summed E-state index contributed by atoms with van der Waals surface area (Å²) >= 11 is 3.04. The van der Waals surface area contributed by atoms with E-state index in [1.165, 1.54) is 11.3 Å². The molecule has 0 fully saturated rings. The minimum Gasteiger partial charge on any atom is -0.277 e. The molecule has 0 atom stereocenters. The summed E-state index contributed by atoms with van der Waals surface area (Å²) in [4.78, 5) is 18.5. The van der Waals surface area contributed by atoms with Crippen LogP contribution in [0.3, 0.4) is 0 Å². The van der Waals surface area contributed by atoms with E-state index in [9.17, 15) is 4.79 Å². The number of amides is 1. The van der Waals surface area contributed by atoms with Crippen LogP contribution in [0.25, 0.3) is 5.65 Å². The van der Waals surface area contributed by atoms with Crippen molar-refractivity contribution in [2.75, 3.05) is 4.90 Å². The van der Waals surface area contributed by atoms with Crippen LogP contribution in [-0.4, -0.2) is 25.5 Å². The second kappa shape index (κ2) is 7.50. The van der Waals surface area contributed by atoms with Gasteiger partial charge in [-0.1, -0.05) is 30.0 Å². The van der Waals surface area contributed by atoms with Crippen LogP contribution in [0.15, 0.2) is 59.2 Å². The molecule has 0 unspecified atom stereocenters. The maximum Gasteiger partial charge on any atom is 0.230 e. The number of hydrogen-bond acceptors (Lipinski definition) is 6. The minimum atomic E-state index is -0.0578. The van der Waals surface area contributed by atoms with Crippen molar-refractivity contribution in [3.8, 4) is 0 Å². The van der Waals surface area contributed by atoms with Crippen molar-refractivity contribution in [1.82, 2.24) is 19.6 Å². The fraction of sp³-hybridized carbons (Fsp3) is 0.158. The topological polar surface area (TPSA) is 63.4 Å². The lowest BCUT2D eigenvalue weighted by Crippen LogP contribution is -2.22. The van der Waals surface area contributed by atoms with Gasteiger partial charge in [0.1, 0.15) is 0 Å². The number of thiazole rings is 1. The maximum absolute atomic E-state index is 12.2. The molecular weight excluding hydrogens is 378 g/mol. The molecule has 8 heteroatoms. The number of carbonyl (C=O) groups excluding carboxylic acids is 1. The minimum absolute atomic E-state index is 0.0578. The van der Waals surface area contributed by atoms with Crippen LogP contribution in [0.4, 0.5) is 10.8 Å². The van der Waals surface area contributed by atoms with Crippen LogP contribution in [0.5, 0.6) is 0 Å². The number of pyridine rings is 1. The molecule has 1 aromatic carbocycles. The first-order valence-electron chi connectivity index (χ1n) is 8.36.